The van der Waals surface area contributed by atoms with Gasteiger partial charge in [-0.05, 0) is 19.4 Å². The molecule has 0 saturated carbocycles. The number of thiophene rings is 1. The normalized spacial score (nSPS) is 10.3. The lowest BCUT2D eigenvalue weighted by Gasteiger charge is -2.14. The van der Waals surface area contributed by atoms with E-state index in [4.69, 9.17) is 9.84 Å². The molecule has 1 heterocycles. The fraction of sp³-hybridized carbons (Fsp3) is 0.538. The molecule has 5 nitrogen and oxygen atoms in total. The number of carbonyl (C=O) groups is 2. The van der Waals surface area contributed by atoms with Gasteiger partial charge in [0.1, 0.15) is 5.75 Å². The molecule has 0 radical (unpaired) electrons. The van der Waals surface area contributed by atoms with Crippen LogP contribution in [0, 0.1) is 0 Å². The Bertz CT molecular complexity index is 455. The average molecular weight is 285 g/mol. The highest BCUT2D eigenvalue weighted by atomic mass is 32.1. The van der Waals surface area contributed by atoms with Gasteiger partial charge in [-0.1, -0.05) is 13.3 Å². The predicted octanol–water partition coefficient (Wildman–Crippen LogP) is 2.26. The van der Waals surface area contributed by atoms with Gasteiger partial charge in [0.25, 0.3) is 5.91 Å². The molecule has 1 aromatic rings. The summed E-state index contributed by atoms with van der Waals surface area (Å²) in [7, 11) is 1.68. The number of likely N-dealkylation sites (N-methyl/N-ethyl adjacent to an activating group) is 1. The highest BCUT2D eigenvalue weighted by Gasteiger charge is 2.18. The van der Waals surface area contributed by atoms with Crippen LogP contribution >= 0.6 is 11.3 Å². The Hall–Kier alpha value is -1.56. The average Bonchev–Trinajstić information content (AvgIpc) is 2.78. The molecular formula is C13H19NO4S. The first-order chi connectivity index (χ1) is 8.99. The van der Waals surface area contributed by atoms with Crippen LogP contribution in [0.4, 0.5) is 0 Å². The van der Waals surface area contributed by atoms with Gasteiger partial charge in [-0.3, -0.25) is 4.79 Å². The van der Waals surface area contributed by atoms with Crippen molar-refractivity contribution in [2.45, 2.75) is 26.7 Å². The Labute approximate surface area is 116 Å². The highest BCUT2D eigenvalue weighted by molar-refractivity contribution is 7.14. The van der Waals surface area contributed by atoms with Gasteiger partial charge in [0.05, 0.1) is 0 Å². The van der Waals surface area contributed by atoms with E-state index in [0.29, 0.717) is 12.3 Å². The van der Waals surface area contributed by atoms with Gasteiger partial charge >= 0.3 is 5.97 Å². The maximum atomic E-state index is 11.6. The molecule has 0 aliphatic rings. The summed E-state index contributed by atoms with van der Waals surface area (Å²) >= 11 is 1.21. The number of rotatable bonds is 7. The number of carbonyl (C=O) groups excluding carboxylic acids is 1. The van der Waals surface area contributed by atoms with Crippen LogP contribution in [0.2, 0.25) is 0 Å². The van der Waals surface area contributed by atoms with Gasteiger partial charge in [-0.2, -0.15) is 0 Å². The number of hydrogen-bond acceptors (Lipinski definition) is 4. The van der Waals surface area contributed by atoms with E-state index in [0.717, 1.165) is 17.7 Å². The molecule has 1 N–H and O–H groups in total. The molecule has 0 fully saturated rings. The fourth-order valence-electron chi connectivity index (χ4n) is 1.47. The van der Waals surface area contributed by atoms with Crippen molar-refractivity contribution in [1.82, 2.24) is 4.90 Å². The SMILES string of the molecule is CCCc1cc(OCC(=O)N(C)CC)c(C(=O)O)s1. The quantitative estimate of drug-likeness (QED) is 0.834. The molecule has 1 aromatic heterocycles. The Morgan fingerprint density at radius 3 is 2.63 bits per heavy atom. The molecule has 6 heteroatoms. The number of ether oxygens (including phenoxy) is 1. The topological polar surface area (TPSA) is 66.8 Å². The first kappa shape index (κ1) is 15.5. The van der Waals surface area contributed by atoms with Crippen molar-refractivity contribution in [1.29, 1.82) is 0 Å². The summed E-state index contributed by atoms with van der Waals surface area (Å²) in [5, 5.41) is 9.10. The van der Waals surface area contributed by atoms with Gasteiger partial charge in [0, 0.05) is 18.5 Å². The van der Waals surface area contributed by atoms with Crippen molar-refractivity contribution in [2.75, 3.05) is 20.2 Å². The summed E-state index contributed by atoms with van der Waals surface area (Å²) in [5.74, 6) is -0.889. The molecule has 0 spiro atoms. The monoisotopic (exact) mass is 285 g/mol. The third-order valence-corrected chi connectivity index (χ3v) is 3.86. The molecule has 106 valence electrons. The van der Waals surface area contributed by atoms with Crippen molar-refractivity contribution in [3.63, 3.8) is 0 Å². The van der Waals surface area contributed by atoms with Crippen LogP contribution in [-0.4, -0.2) is 42.1 Å². The Balaban J connectivity index is 2.76. The molecule has 0 aliphatic heterocycles. The first-order valence-electron chi connectivity index (χ1n) is 6.22. The lowest BCUT2D eigenvalue weighted by atomic mass is 10.3. The van der Waals surface area contributed by atoms with E-state index < -0.39 is 5.97 Å². The van der Waals surface area contributed by atoms with Crippen LogP contribution in [0.25, 0.3) is 0 Å². The van der Waals surface area contributed by atoms with E-state index in [-0.39, 0.29) is 17.4 Å². The predicted molar refractivity (Wildman–Crippen MR) is 74.1 cm³/mol. The summed E-state index contributed by atoms with van der Waals surface area (Å²) in [6.45, 7) is 4.36. The fourth-order valence-corrected chi connectivity index (χ4v) is 2.51. The molecule has 0 saturated heterocycles. The molecule has 0 atom stereocenters. The second-order valence-electron chi connectivity index (χ2n) is 4.16. The van der Waals surface area contributed by atoms with Crippen LogP contribution in [-0.2, 0) is 11.2 Å². The van der Waals surface area contributed by atoms with Crippen LogP contribution in [0.15, 0.2) is 6.07 Å². The van der Waals surface area contributed by atoms with Crippen LogP contribution in [0.5, 0.6) is 5.75 Å². The van der Waals surface area contributed by atoms with Gasteiger partial charge < -0.3 is 14.7 Å². The van der Waals surface area contributed by atoms with E-state index in [1.54, 1.807) is 13.1 Å². The molecule has 1 rings (SSSR count). The molecule has 0 bridgehead atoms. The van der Waals surface area contributed by atoms with E-state index in [2.05, 4.69) is 0 Å². The number of nitrogens with zero attached hydrogens (tertiary/aromatic N) is 1. The number of aromatic carboxylic acids is 1. The highest BCUT2D eigenvalue weighted by Crippen LogP contribution is 2.30. The minimum absolute atomic E-state index is 0.132. The zero-order valence-corrected chi connectivity index (χ0v) is 12.2. The van der Waals surface area contributed by atoms with Crippen molar-refractivity contribution in [2.24, 2.45) is 0 Å². The summed E-state index contributed by atoms with van der Waals surface area (Å²) in [6.07, 6.45) is 1.76. The van der Waals surface area contributed by atoms with Crippen molar-refractivity contribution >= 4 is 23.2 Å². The lowest BCUT2D eigenvalue weighted by Crippen LogP contribution is -2.31. The Morgan fingerprint density at radius 2 is 2.11 bits per heavy atom. The molecule has 0 aromatic carbocycles. The third kappa shape index (κ3) is 4.24. The number of aryl methyl sites for hydroxylation is 1. The van der Waals surface area contributed by atoms with E-state index in [1.807, 2.05) is 13.8 Å². The smallest absolute Gasteiger partial charge is 0.349 e. The van der Waals surface area contributed by atoms with Crippen molar-refractivity contribution in [3.8, 4) is 5.75 Å². The summed E-state index contributed by atoms with van der Waals surface area (Å²) in [4.78, 5) is 25.4. The maximum absolute atomic E-state index is 11.6. The van der Waals surface area contributed by atoms with E-state index in [1.165, 1.54) is 16.2 Å². The zero-order chi connectivity index (χ0) is 14.4. The number of hydrogen-bond donors (Lipinski definition) is 1. The van der Waals surface area contributed by atoms with Crippen molar-refractivity contribution < 1.29 is 19.4 Å². The zero-order valence-electron chi connectivity index (χ0n) is 11.4. The second-order valence-corrected chi connectivity index (χ2v) is 5.29. The van der Waals surface area contributed by atoms with Gasteiger partial charge in [0.2, 0.25) is 0 Å². The number of carboxylic acid groups (broad SMARTS) is 1. The lowest BCUT2D eigenvalue weighted by molar-refractivity contribution is -0.131. The van der Waals surface area contributed by atoms with Crippen LogP contribution in [0.3, 0.4) is 0 Å². The number of carboxylic acids is 1. The van der Waals surface area contributed by atoms with Gasteiger partial charge in [0.15, 0.2) is 11.5 Å². The summed E-state index contributed by atoms with van der Waals surface area (Å²) < 4.78 is 5.35. The standard InChI is InChI=1S/C13H19NO4S/c1-4-6-9-7-10(12(19-9)13(16)17)18-8-11(15)14(3)5-2/h7H,4-6,8H2,1-3H3,(H,16,17). The molecule has 0 unspecified atom stereocenters. The molecule has 19 heavy (non-hydrogen) atoms. The third-order valence-electron chi connectivity index (χ3n) is 2.69. The Kier molecular flexibility index (Phi) is 5.82. The van der Waals surface area contributed by atoms with Crippen LogP contribution in [0.1, 0.15) is 34.8 Å². The van der Waals surface area contributed by atoms with E-state index in [9.17, 15) is 9.59 Å². The van der Waals surface area contributed by atoms with E-state index >= 15 is 0 Å². The van der Waals surface area contributed by atoms with Crippen molar-refractivity contribution in [3.05, 3.63) is 15.8 Å². The first-order valence-corrected chi connectivity index (χ1v) is 7.04. The van der Waals surface area contributed by atoms with Crippen LogP contribution < -0.4 is 4.74 Å². The second kappa shape index (κ2) is 7.13. The largest absolute Gasteiger partial charge is 0.482 e. The Morgan fingerprint density at radius 1 is 1.42 bits per heavy atom. The summed E-state index contributed by atoms with van der Waals surface area (Å²) in [6, 6.07) is 1.72. The number of amides is 1. The van der Waals surface area contributed by atoms with Gasteiger partial charge in [-0.15, -0.1) is 11.3 Å². The minimum atomic E-state index is -1.02. The van der Waals surface area contributed by atoms with Gasteiger partial charge in [-0.25, -0.2) is 4.79 Å². The molecular weight excluding hydrogens is 266 g/mol. The summed E-state index contributed by atoms with van der Waals surface area (Å²) in [5.41, 5.74) is 0. The molecule has 0 aliphatic carbocycles. The maximum Gasteiger partial charge on any atom is 0.349 e. The molecule has 1 amide bonds. The minimum Gasteiger partial charge on any atom is -0.482 e.